The maximum absolute atomic E-state index is 12.2. The Morgan fingerprint density at radius 2 is 2.05 bits per heavy atom. The molecule has 0 unspecified atom stereocenters. The first-order valence-corrected chi connectivity index (χ1v) is 7.21. The summed E-state index contributed by atoms with van der Waals surface area (Å²) in [5.74, 6) is 0.388. The molecule has 1 fully saturated rings. The van der Waals surface area contributed by atoms with Crippen molar-refractivity contribution in [2.24, 2.45) is 5.73 Å². The van der Waals surface area contributed by atoms with E-state index in [1.54, 1.807) is 13.0 Å². The van der Waals surface area contributed by atoms with E-state index < -0.39 is 11.5 Å². The van der Waals surface area contributed by atoms with E-state index in [2.05, 4.69) is 10.1 Å². The molecule has 1 aromatic rings. The van der Waals surface area contributed by atoms with Crippen molar-refractivity contribution in [2.75, 3.05) is 7.11 Å². The topological polar surface area (TPSA) is 94.6 Å². The Labute approximate surface area is 124 Å². The lowest BCUT2D eigenvalue weighted by Gasteiger charge is -2.31. The summed E-state index contributed by atoms with van der Waals surface area (Å²) in [6.07, 6.45) is 4.52. The van der Waals surface area contributed by atoms with Gasteiger partial charge in [-0.15, -0.1) is 0 Å². The summed E-state index contributed by atoms with van der Waals surface area (Å²) in [5, 5.41) is 2.80. The van der Waals surface area contributed by atoms with Gasteiger partial charge in [-0.2, -0.15) is 0 Å². The number of hydrogen-bond donors (Lipinski definition) is 2. The Hall–Kier alpha value is -1.82. The zero-order valence-electron chi connectivity index (χ0n) is 12.5. The van der Waals surface area contributed by atoms with Crippen molar-refractivity contribution in [2.45, 2.75) is 51.1 Å². The van der Waals surface area contributed by atoms with Crippen molar-refractivity contribution in [3.8, 4) is 0 Å². The third-order valence-electron chi connectivity index (χ3n) is 4.00. The number of furan rings is 1. The van der Waals surface area contributed by atoms with Gasteiger partial charge in [0, 0.05) is 0 Å². The van der Waals surface area contributed by atoms with E-state index in [1.165, 1.54) is 7.11 Å². The van der Waals surface area contributed by atoms with Gasteiger partial charge in [-0.25, -0.2) is 4.79 Å². The van der Waals surface area contributed by atoms with Gasteiger partial charge in [0.2, 0.25) is 5.91 Å². The third-order valence-corrected chi connectivity index (χ3v) is 4.00. The van der Waals surface area contributed by atoms with E-state index in [1.807, 2.05) is 0 Å². The molecule has 0 aromatic carbocycles. The summed E-state index contributed by atoms with van der Waals surface area (Å²) >= 11 is 0. The molecule has 6 heteroatoms. The Bertz CT molecular complexity index is 530. The molecule has 0 atom stereocenters. The van der Waals surface area contributed by atoms with Crippen LogP contribution in [0.3, 0.4) is 0 Å². The first-order valence-electron chi connectivity index (χ1n) is 7.21. The first-order chi connectivity index (χ1) is 9.96. The molecule has 0 radical (unpaired) electrons. The molecule has 0 aliphatic heterocycles. The van der Waals surface area contributed by atoms with Crippen LogP contribution in [0.2, 0.25) is 0 Å². The fraction of sp³-hybridized carbons (Fsp3) is 0.600. The highest BCUT2D eigenvalue weighted by Gasteiger charge is 2.35. The van der Waals surface area contributed by atoms with E-state index in [0.717, 1.165) is 19.3 Å². The molecule has 0 bridgehead atoms. The zero-order valence-corrected chi connectivity index (χ0v) is 12.5. The maximum Gasteiger partial charge on any atom is 0.341 e. The number of ether oxygens (including phenoxy) is 1. The smallest absolute Gasteiger partial charge is 0.341 e. The minimum absolute atomic E-state index is 0.157. The predicted molar refractivity (Wildman–Crippen MR) is 76.6 cm³/mol. The fourth-order valence-electron chi connectivity index (χ4n) is 2.70. The molecule has 1 aromatic heterocycles. The van der Waals surface area contributed by atoms with Gasteiger partial charge in [-0.05, 0) is 25.8 Å². The summed E-state index contributed by atoms with van der Waals surface area (Å²) < 4.78 is 10.1. The number of nitrogens with one attached hydrogen (secondary N) is 1. The van der Waals surface area contributed by atoms with E-state index in [4.69, 9.17) is 10.2 Å². The SMILES string of the molecule is COC(=O)c1cc(CNC(=O)C2(N)CCCCC2)oc1C. The highest BCUT2D eigenvalue weighted by molar-refractivity contribution is 5.90. The van der Waals surface area contributed by atoms with Gasteiger partial charge in [-0.3, -0.25) is 4.79 Å². The molecular formula is C15H22N2O4. The summed E-state index contributed by atoms with van der Waals surface area (Å²) in [4.78, 5) is 23.7. The van der Waals surface area contributed by atoms with Gasteiger partial charge in [0.1, 0.15) is 17.1 Å². The normalized spacial score (nSPS) is 17.3. The molecule has 116 valence electrons. The van der Waals surface area contributed by atoms with Crippen molar-refractivity contribution < 1.29 is 18.7 Å². The standard InChI is InChI=1S/C15H22N2O4/c1-10-12(13(18)20-2)8-11(21-10)9-17-14(19)15(16)6-4-3-5-7-15/h8H,3-7,9,16H2,1-2H3,(H,17,19). The monoisotopic (exact) mass is 294 g/mol. The summed E-state index contributed by atoms with van der Waals surface area (Å²) in [6, 6.07) is 1.59. The molecule has 0 spiro atoms. The molecule has 1 aliphatic carbocycles. The second-order valence-electron chi connectivity index (χ2n) is 5.57. The first kappa shape index (κ1) is 15.6. The molecule has 1 aliphatic rings. The highest BCUT2D eigenvalue weighted by atomic mass is 16.5. The molecule has 1 saturated carbocycles. The van der Waals surface area contributed by atoms with Gasteiger partial charge >= 0.3 is 5.97 Å². The lowest BCUT2D eigenvalue weighted by molar-refractivity contribution is -0.127. The van der Waals surface area contributed by atoms with Crippen LogP contribution in [-0.4, -0.2) is 24.5 Å². The van der Waals surface area contributed by atoms with Crippen LogP contribution in [-0.2, 0) is 16.1 Å². The summed E-state index contributed by atoms with van der Waals surface area (Å²) in [5.41, 5.74) is 5.76. The Balaban J connectivity index is 1.96. The number of hydrogen-bond acceptors (Lipinski definition) is 5. The minimum Gasteiger partial charge on any atom is -0.465 e. The van der Waals surface area contributed by atoms with E-state index in [-0.39, 0.29) is 12.5 Å². The number of nitrogens with two attached hydrogens (primary N) is 1. The van der Waals surface area contributed by atoms with Gasteiger partial charge in [0.05, 0.1) is 19.2 Å². The lowest BCUT2D eigenvalue weighted by atomic mass is 9.82. The number of amides is 1. The van der Waals surface area contributed by atoms with Crippen LogP contribution >= 0.6 is 0 Å². The quantitative estimate of drug-likeness (QED) is 0.823. The second-order valence-corrected chi connectivity index (χ2v) is 5.57. The Morgan fingerprint density at radius 3 is 2.67 bits per heavy atom. The molecule has 6 nitrogen and oxygen atoms in total. The number of methoxy groups -OCH3 is 1. The van der Waals surface area contributed by atoms with Gasteiger partial charge in [0.25, 0.3) is 0 Å². The van der Waals surface area contributed by atoms with Crippen LogP contribution in [0.1, 0.15) is 54.0 Å². The third kappa shape index (κ3) is 3.44. The molecule has 0 saturated heterocycles. The molecular weight excluding hydrogens is 272 g/mol. The van der Waals surface area contributed by atoms with Gasteiger partial charge < -0.3 is 20.2 Å². The van der Waals surface area contributed by atoms with Crippen LogP contribution in [0.15, 0.2) is 10.5 Å². The molecule has 1 heterocycles. The van der Waals surface area contributed by atoms with Crippen LogP contribution in [0.5, 0.6) is 0 Å². The largest absolute Gasteiger partial charge is 0.465 e. The number of carbonyl (C=O) groups is 2. The number of esters is 1. The van der Waals surface area contributed by atoms with Gasteiger partial charge in [-0.1, -0.05) is 19.3 Å². The highest BCUT2D eigenvalue weighted by Crippen LogP contribution is 2.26. The minimum atomic E-state index is -0.773. The van der Waals surface area contributed by atoms with Gasteiger partial charge in [0.15, 0.2) is 0 Å². The van der Waals surface area contributed by atoms with Crippen molar-refractivity contribution in [3.63, 3.8) is 0 Å². The molecule has 1 amide bonds. The van der Waals surface area contributed by atoms with E-state index in [9.17, 15) is 9.59 Å². The van der Waals surface area contributed by atoms with Crippen LogP contribution in [0, 0.1) is 6.92 Å². The number of carbonyl (C=O) groups excluding carboxylic acids is 2. The van der Waals surface area contributed by atoms with E-state index in [0.29, 0.717) is 29.9 Å². The zero-order chi connectivity index (χ0) is 15.5. The van der Waals surface area contributed by atoms with Crippen molar-refractivity contribution in [1.29, 1.82) is 0 Å². The second kappa shape index (κ2) is 6.30. The Kier molecular flexibility index (Phi) is 4.67. The summed E-state index contributed by atoms with van der Waals surface area (Å²) in [7, 11) is 1.32. The van der Waals surface area contributed by atoms with Crippen LogP contribution < -0.4 is 11.1 Å². The predicted octanol–water partition coefficient (Wildman–Crippen LogP) is 1.65. The average Bonchev–Trinajstić information content (AvgIpc) is 2.85. The fourth-order valence-corrected chi connectivity index (χ4v) is 2.70. The average molecular weight is 294 g/mol. The van der Waals surface area contributed by atoms with Crippen molar-refractivity contribution in [3.05, 3.63) is 23.2 Å². The maximum atomic E-state index is 12.2. The van der Waals surface area contributed by atoms with Crippen molar-refractivity contribution >= 4 is 11.9 Å². The van der Waals surface area contributed by atoms with Crippen LogP contribution in [0.25, 0.3) is 0 Å². The van der Waals surface area contributed by atoms with Crippen LogP contribution in [0.4, 0.5) is 0 Å². The number of rotatable bonds is 4. The molecule has 3 N–H and O–H groups in total. The van der Waals surface area contributed by atoms with Crippen molar-refractivity contribution in [1.82, 2.24) is 5.32 Å². The molecule has 21 heavy (non-hydrogen) atoms. The lowest BCUT2D eigenvalue weighted by Crippen LogP contribution is -2.54. The summed E-state index contributed by atoms with van der Waals surface area (Å²) in [6.45, 7) is 1.90. The molecule has 2 rings (SSSR count). The Morgan fingerprint density at radius 1 is 1.38 bits per heavy atom. The van der Waals surface area contributed by atoms with E-state index >= 15 is 0 Å². The number of aryl methyl sites for hydroxylation is 1.